The quantitative estimate of drug-likeness (QED) is 0.554. The largest absolute Gasteiger partial charge is 0.481 e. The van der Waals surface area contributed by atoms with E-state index in [4.69, 9.17) is 10.00 Å². The van der Waals surface area contributed by atoms with E-state index in [1.807, 2.05) is 0 Å². The fraction of sp³-hybridized carbons (Fsp3) is 0.0500. The number of aromatic nitrogens is 4. The van der Waals surface area contributed by atoms with Crippen LogP contribution in [0.2, 0.25) is 0 Å². The number of hydrogen-bond donors (Lipinski definition) is 2. The van der Waals surface area contributed by atoms with Gasteiger partial charge in [0.05, 0.1) is 18.2 Å². The molecule has 9 heteroatoms. The summed E-state index contributed by atoms with van der Waals surface area (Å²) in [6.45, 7) is 0. The Kier molecular flexibility index (Phi) is 4.58. The molecule has 4 aromatic rings. The summed E-state index contributed by atoms with van der Waals surface area (Å²) < 4.78 is 19.4. The molecule has 0 aliphatic carbocycles. The number of nitriles is 1. The lowest BCUT2D eigenvalue weighted by molar-refractivity contribution is 0.102. The van der Waals surface area contributed by atoms with Crippen molar-refractivity contribution in [3.63, 3.8) is 0 Å². The van der Waals surface area contributed by atoms with Crippen LogP contribution in [-0.2, 0) is 0 Å². The van der Waals surface area contributed by atoms with E-state index in [0.717, 1.165) is 16.5 Å². The maximum atomic E-state index is 14.2. The molecular formula is C20H13FN6O2. The fourth-order valence-corrected chi connectivity index (χ4v) is 2.88. The first-order valence-electron chi connectivity index (χ1n) is 8.45. The number of amides is 1. The molecule has 0 fully saturated rings. The van der Waals surface area contributed by atoms with E-state index in [1.165, 1.54) is 19.4 Å². The van der Waals surface area contributed by atoms with Crippen LogP contribution in [0, 0.1) is 17.1 Å². The third-order valence-electron chi connectivity index (χ3n) is 4.28. The molecule has 0 aliphatic rings. The van der Waals surface area contributed by atoms with Gasteiger partial charge in [-0.3, -0.25) is 9.89 Å². The van der Waals surface area contributed by atoms with Gasteiger partial charge in [-0.1, -0.05) is 0 Å². The number of hydrogen-bond acceptors (Lipinski definition) is 6. The first-order valence-corrected chi connectivity index (χ1v) is 8.45. The van der Waals surface area contributed by atoms with Gasteiger partial charge in [0.1, 0.15) is 11.8 Å². The van der Waals surface area contributed by atoms with Crippen molar-refractivity contribution < 1.29 is 13.9 Å². The number of pyridine rings is 2. The Hall–Kier alpha value is -4.32. The minimum Gasteiger partial charge on any atom is -0.481 e. The topological polar surface area (TPSA) is 117 Å². The van der Waals surface area contributed by atoms with Crippen LogP contribution in [-0.4, -0.2) is 33.2 Å². The number of H-pyrrole nitrogens is 1. The molecule has 0 bridgehead atoms. The minimum atomic E-state index is -0.957. The second-order valence-electron chi connectivity index (χ2n) is 6.01. The van der Waals surface area contributed by atoms with E-state index in [2.05, 4.69) is 25.5 Å². The molecule has 1 aromatic carbocycles. The molecule has 0 radical (unpaired) electrons. The Labute approximate surface area is 164 Å². The first-order chi connectivity index (χ1) is 14.1. The number of nitrogens with zero attached hydrogens (tertiary/aromatic N) is 4. The average Bonchev–Trinajstić information content (AvgIpc) is 3.17. The van der Waals surface area contributed by atoms with Crippen molar-refractivity contribution in [3.8, 4) is 23.2 Å². The molecule has 142 valence electrons. The summed E-state index contributed by atoms with van der Waals surface area (Å²) in [7, 11) is 1.53. The van der Waals surface area contributed by atoms with Crippen molar-refractivity contribution in [2.75, 3.05) is 12.4 Å². The zero-order chi connectivity index (χ0) is 20.4. The molecule has 1 amide bonds. The summed E-state index contributed by atoms with van der Waals surface area (Å²) in [5, 5.41) is 19.5. The smallest absolute Gasteiger partial charge is 0.258 e. The second kappa shape index (κ2) is 7.36. The van der Waals surface area contributed by atoms with Gasteiger partial charge in [0.2, 0.25) is 5.88 Å². The van der Waals surface area contributed by atoms with Crippen LogP contribution in [0.1, 0.15) is 16.1 Å². The zero-order valence-corrected chi connectivity index (χ0v) is 15.1. The summed E-state index contributed by atoms with van der Waals surface area (Å²) in [6.07, 6.45) is 2.82. The molecule has 4 rings (SSSR count). The molecule has 0 saturated heterocycles. The fourth-order valence-electron chi connectivity index (χ4n) is 2.88. The van der Waals surface area contributed by atoms with Crippen molar-refractivity contribution in [1.29, 1.82) is 5.26 Å². The molecule has 0 atom stereocenters. The molecule has 0 spiro atoms. The van der Waals surface area contributed by atoms with E-state index in [9.17, 15) is 9.18 Å². The summed E-state index contributed by atoms with van der Waals surface area (Å²) >= 11 is 0. The number of ether oxygens (including phenoxy) is 1. The van der Waals surface area contributed by atoms with Crippen LogP contribution in [0.4, 0.5) is 10.1 Å². The predicted octanol–water partition coefficient (Wildman–Crippen LogP) is 3.29. The SMILES string of the molecule is COc1cc(-c2n[nH]c3ccc(NC(=O)c4ccnc(C#N)c4F)cc23)ccn1. The first kappa shape index (κ1) is 18.1. The lowest BCUT2D eigenvalue weighted by Crippen LogP contribution is -2.14. The van der Waals surface area contributed by atoms with Gasteiger partial charge >= 0.3 is 0 Å². The summed E-state index contributed by atoms with van der Waals surface area (Å²) in [6, 6.07) is 11.5. The summed E-state index contributed by atoms with van der Waals surface area (Å²) in [5.41, 5.74) is 1.94. The lowest BCUT2D eigenvalue weighted by atomic mass is 10.1. The van der Waals surface area contributed by atoms with Gasteiger partial charge in [-0.25, -0.2) is 14.4 Å². The standard InChI is InChI=1S/C20H13FN6O2/c1-29-17-8-11(4-6-24-17)19-14-9-12(2-3-15(14)26-27-19)25-20(28)13-5-7-23-16(10-22)18(13)21/h2-9H,1H3,(H,25,28)(H,26,27). The summed E-state index contributed by atoms with van der Waals surface area (Å²) in [4.78, 5) is 20.2. The Morgan fingerprint density at radius 1 is 1.21 bits per heavy atom. The number of fused-ring (bicyclic) bond motifs is 1. The number of rotatable bonds is 4. The molecule has 29 heavy (non-hydrogen) atoms. The minimum absolute atomic E-state index is 0.261. The molecule has 0 aliphatic heterocycles. The second-order valence-corrected chi connectivity index (χ2v) is 6.01. The highest BCUT2D eigenvalue weighted by Crippen LogP contribution is 2.30. The van der Waals surface area contributed by atoms with Crippen LogP contribution >= 0.6 is 0 Å². The van der Waals surface area contributed by atoms with Crippen molar-refractivity contribution in [2.45, 2.75) is 0 Å². The van der Waals surface area contributed by atoms with E-state index >= 15 is 0 Å². The average molecular weight is 388 g/mol. The highest BCUT2D eigenvalue weighted by atomic mass is 19.1. The Bertz CT molecular complexity index is 1280. The number of aromatic amines is 1. The van der Waals surface area contributed by atoms with Crippen molar-refractivity contribution >= 4 is 22.5 Å². The van der Waals surface area contributed by atoms with Crippen LogP contribution in [0.15, 0.2) is 48.8 Å². The highest BCUT2D eigenvalue weighted by Gasteiger charge is 2.17. The number of methoxy groups -OCH3 is 1. The van der Waals surface area contributed by atoms with Crippen molar-refractivity contribution in [2.24, 2.45) is 0 Å². The van der Waals surface area contributed by atoms with Crippen molar-refractivity contribution in [3.05, 3.63) is 65.9 Å². The zero-order valence-electron chi connectivity index (χ0n) is 15.1. The van der Waals surface area contributed by atoms with Crippen LogP contribution in [0.5, 0.6) is 5.88 Å². The van der Waals surface area contributed by atoms with Crippen LogP contribution < -0.4 is 10.1 Å². The molecule has 2 N–H and O–H groups in total. The van der Waals surface area contributed by atoms with Gasteiger partial charge in [-0.15, -0.1) is 0 Å². The lowest BCUT2D eigenvalue weighted by Gasteiger charge is -2.07. The molecule has 3 heterocycles. The number of nitrogens with one attached hydrogen (secondary N) is 2. The number of benzene rings is 1. The van der Waals surface area contributed by atoms with Gasteiger partial charge in [0.15, 0.2) is 11.5 Å². The maximum Gasteiger partial charge on any atom is 0.258 e. The van der Waals surface area contributed by atoms with Gasteiger partial charge < -0.3 is 10.1 Å². The van der Waals surface area contributed by atoms with Crippen LogP contribution in [0.25, 0.3) is 22.2 Å². The Morgan fingerprint density at radius 2 is 2.03 bits per heavy atom. The maximum absolute atomic E-state index is 14.2. The Morgan fingerprint density at radius 3 is 2.83 bits per heavy atom. The third-order valence-corrected chi connectivity index (χ3v) is 4.28. The predicted molar refractivity (Wildman–Crippen MR) is 103 cm³/mol. The number of carbonyl (C=O) groups excluding carboxylic acids is 1. The van der Waals surface area contributed by atoms with E-state index < -0.39 is 17.4 Å². The van der Waals surface area contributed by atoms with Gasteiger partial charge in [-0.05, 0) is 30.3 Å². The molecule has 0 saturated carbocycles. The highest BCUT2D eigenvalue weighted by molar-refractivity contribution is 6.06. The number of carbonyl (C=O) groups is 1. The normalized spacial score (nSPS) is 10.5. The molecular weight excluding hydrogens is 375 g/mol. The van der Waals surface area contributed by atoms with E-state index in [1.54, 1.807) is 42.6 Å². The van der Waals surface area contributed by atoms with Gasteiger partial charge in [-0.2, -0.15) is 10.4 Å². The summed E-state index contributed by atoms with van der Waals surface area (Å²) in [5.74, 6) is -1.19. The van der Waals surface area contributed by atoms with Crippen LogP contribution in [0.3, 0.4) is 0 Å². The molecule has 3 aromatic heterocycles. The molecule has 8 nitrogen and oxygen atoms in total. The van der Waals surface area contributed by atoms with E-state index in [-0.39, 0.29) is 5.56 Å². The Balaban J connectivity index is 1.69. The number of anilines is 1. The number of halogens is 1. The van der Waals surface area contributed by atoms with E-state index in [0.29, 0.717) is 17.3 Å². The monoisotopic (exact) mass is 388 g/mol. The van der Waals surface area contributed by atoms with Gasteiger partial charge in [0, 0.05) is 35.1 Å². The third kappa shape index (κ3) is 3.35. The molecule has 0 unspecified atom stereocenters. The van der Waals surface area contributed by atoms with Gasteiger partial charge in [0.25, 0.3) is 5.91 Å². The van der Waals surface area contributed by atoms with Crippen molar-refractivity contribution in [1.82, 2.24) is 20.2 Å².